The number of hydrogen-bond acceptors (Lipinski definition) is 6. The average molecular weight is 367 g/mol. The van der Waals surface area contributed by atoms with Crippen molar-refractivity contribution in [3.8, 4) is 0 Å². The molecule has 1 saturated carbocycles. The molecular formula is C10H14IN3O4. The van der Waals surface area contributed by atoms with Crippen LogP contribution in [0.2, 0.25) is 0 Å². The second-order valence-corrected chi connectivity index (χ2v) is 5.55. The third-order valence-corrected chi connectivity index (χ3v) is 4.13. The molecule has 1 aliphatic rings. The van der Waals surface area contributed by atoms with Gasteiger partial charge in [-0.15, -0.1) is 0 Å². The van der Waals surface area contributed by atoms with Crippen molar-refractivity contribution in [2.45, 2.75) is 24.7 Å². The summed E-state index contributed by atoms with van der Waals surface area (Å²) in [7, 11) is 0. The van der Waals surface area contributed by atoms with E-state index >= 15 is 0 Å². The highest BCUT2D eigenvalue weighted by Crippen LogP contribution is 2.34. The van der Waals surface area contributed by atoms with Gasteiger partial charge in [-0.3, -0.25) is 4.57 Å². The molecule has 0 aliphatic heterocycles. The molecule has 0 bridgehead atoms. The molecule has 1 aliphatic carbocycles. The lowest BCUT2D eigenvalue weighted by atomic mass is 10.1. The number of halogens is 1. The Balaban J connectivity index is 2.39. The molecule has 0 radical (unpaired) electrons. The van der Waals surface area contributed by atoms with Crippen molar-refractivity contribution >= 4 is 28.4 Å². The quantitative estimate of drug-likeness (QED) is 0.483. The summed E-state index contributed by atoms with van der Waals surface area (Å²) in [6.07, 6.45) is -0.311. The molecule has 0 saturated heterocycles. The van der Waals surface area contributed by atoms with E-state index in [9.17, 15) is 15.0 Å². The fourth-order valence-electron chi connectivity index (χ4n) is 2.25. The van der Waals surface area contributed by atoms with Crippen LogP contribution in [0.1, 0.15) is 12.5 Å². The third kappa shape index (κ3) is 2.25. The Labute approximate surface area is 116 Å². The maximum Gasteiger partial charge on any atom is 0.349 e. The van der Waals surface area contributed by atoms with Gasteiger partial charge in [0.1, 0.15) is 11.9 Å². The molecule has 0 aromatic carbocycles. The van der Waals surface area contributed by atoms with Gasteiger partial charge in [-0.05, 0) is 29.0 Å². The van der Waals surface area contributed by atoms with Crippen molar-refractivity contribution in [1.29, 1.82) is 0 Å². The first-order chi connectivity index (χ1) is 8.45. The number of rotatable bonds is 2. The van der Waals surface area contributed by atoms with Crippen molar-refractivity contribution < 1.29 is 15.3 Å². The van der Waals surface area contributed by atoms with Crippen LogP contribution in [0.15, 0.2) is 11.0 Å². The first kappa shape index (κ1) is 13.7. The second-order valence-electron chi connectivity index (χ2n) is 4.39. The van der Waals surface area contributed by atoms with E-state index in [1.165, 1.54) is 10.8 Å². The Morgan fingerprint density at radius 3 is 2.72 bits per heavy atom. The normalized spacial score (nSPS) is 31.8. The summed E-state index contributed by atoms with van der Waals surface area (Å²) in [6, 6.07) is -0.591. The molecule has 4 atom stereocenters. The summed E-state index contributed by atoms with van der Waals surface area (Å²) in [5, 5.41) is 28.7. The maximum atomic E-state index is 11.7. The fourth-order valence-corrected chi connectivity index (χ4v) is 2.67. The zero-order chi connectivity index (χ0) is 13.4. The SMILES string of the molecule is Nc1nc(=O)n([C@@H]2C[C@H](CO)[C@@H](O)[C@@H]2O)cc1I. The van der Waals surface area contributed by atoms with E-state index in [4.69, 9.17) is 10.8 Å². The molecule has 5 N–H and O–H groups in total. The van der Waals surface area contributed by atoms with Gasteiger partial charge in [0.15, 0.2) is 0 Å². The van der Waals surface area contributed by atoms with E-state index in [0.717, 1.165) is 0 Å². The summed E-state index contributed by atoms with van der Waals surface area (Å²) < 4.78 is 1.86. The number of nitrogen functional groups attached to an aromatic ring is 1. The van der Waals surface area contributed by atoms with Gasteiger partial charge < -0.3 is 21.1 Å². The Bertz CT molecular complexity index is 506. The van der Waals surface area contributed by atoms with Crippen LogP contribution >= 0.6 is 22.6 Å². The third-order valence-electron chi connectivity index (χ3n) is 3.30. The second kappa shape index (κ2) is 5.11. The highest BCUT2D eigenvalue weighted by Gasteiger charge is 2.42. The first-order valence-electron chi connectivity index (χ1n) is 5.47. The minimum absolute atomic E-state index is 0.142. The number of hydrogen-bond donors (Lipinski definition) is 4. The van der Waals surface area contributed by atoms with Crippen LogP contribution in [-0.4, -0.2) is 43.7 Å². The first-order valence-corrected chi connectivity index (χ1v) is 6.54. The van der Waals surface area contributed by atoms with E-state index in [1.54, 1.807) is 0 Å². The summed E-state index contributed by atoms with van der Waals surface area (Å²) >= 11 is 1.94. The number of aliphatic hydroxyl groups is 3. The van der Waals surface area contributed by atoms with Gasteiger partial charge in [-0.1, -0.05) is 0 Å². The van der Waals surface area contributed by atoms with Crippen LogP contribution in [0.4, 0.5) is 5.82 Å². The van der Waals surface area contributed by atoms with Gasteiger partial charge in [-0.2, -0.15) is 4.98 Å². The minimum atomic E-state index is -1.10. The molecule has 100 valence electrons. The monoisotopic (exact) mass is 367 g/mol. The fraction of sp³-hybridized carbons (Fsp3) is 0.600. The van der Waals surface area contributed by atoms with Crippen LogP contribution in [-0.2, 0) is 0 Å². The summed E-state index contributed by atoms with van der Waals surface area (Å²) in [6.45, 7) is -0.233. The van der Waals surface area contributed by atoms with E-state index in [2.05, 4.69) is 4.98 Å². The van der Waals surface area contributed by atoms with Gasteiger partial charge >= 0.3 is 5.69 Å². The molecule has 0 unspecified atom stereocenters. The van der Waals surface area contributed by atoms with Gasteiger partial charge in [0.05, 0.1) is 15.7 Å². The zero-order valence-corrected chi connectivity index (χ0v) is 11.6. The standard InChI is InChI=1S/C10H14IN3O4/c11-5-2-14(10(18)13-9(5)12)6-1-4(3-15)7(16)8(6)17/h2,4,6-8,15-17H,1,3H2,(H2,12,13,18)/t4-,6-,7-,8-/m1/s1. The Morgan fingerprint density at radius 2 is 2.17 bits per heavy atom. The molecule has 1 heterocycles. The van der Waals surface area contributed by atoms with Crippen molar-refractivity contribution in [3.05, 3.63) is 20.3 Å². The topological polar surface area (TPSA) is 122 Å². The molecular weight excluding hydrogens is 353 g/mol. The number of nitrogens with zero attached hydrogens (tertiary/aromatic N) is 2. The Morgan fingerprint density at radius 1 is 1.50 bits per heavy atom. The van der Waals surface area contributed by atoms with E-state index in [-0.39, 0.29) is 12.4 Å². The smallest absolute Gasteiger partial charge is 0.349 e. The van der Waals surface area contributed by atoms with Gasteiger partial charge in [0.25, 0.3) is 0 Å². The van der Waals surface area contributed by atoms with Gasteiger partial charge in [-0.25, -0.2) is 4.79 Å². The lowest BCUT2D eigenvalue weighted by molar-refractivity contribution is -0.00455. The molecule has 8 heteroatoms. The highest BCUT2D eigenvalue weighted by atomic mass is 127. The van der Waals surface area contributed by atoms with Crippen LogP contribution in [0.5, 0.6) is 0 Å². The van der Waals surface area contributed by atoms with Crippen LogP contribution in [0, 0.1) is 9.49 Å². The molecule has 1 fully saturated rings. The van der Waals surface area contributed by atoms with Gasteiger partial charge in [0, 0.05) is 18.7 Å². The summed E-state index contributed by atoms with van der Waals surface area (Å²) in [5.74, 6) is -0.296. The minimum Gasteiger partial charge on any atom is -0.396 e. The lowest BCUT2D eigenvalue weighted by Crippen LogP contribution is -2.35. The van der Waals surface area contributed by atoms with Gasteiger partial charge in [0.2, 0.25) is 0 Å². The lowest BCUT2D eigenvalue weighted by Gasteiger charge is -2.19. The molecule has 18 heavy (non-hydrogen) atoms. The maximum absolute atomic E-state index is 11.7. The van der Waals surface area contributed by atoms with Crippen LogP contribution in [0.25, 0.3) is 0 Å². The largest absolute Gasteiger partial charge is 0.396 e. The van der Waals surface area contributed by atoms with Crippen molar-refractivity contribution in [2.75, 3.05) is 12.3 Å². The van der Waals surface area contributed by atoms with Crippen LogP contribution < -0.4 is 11.4 Å². The number of aromatic nitrogens is 2. The highest BCUT2D eigenvalue weighted by molar-refractivity contribution is 14.1. The average Bonchev–Trinajstić information content (AvgIpc) is 2.61. The predicted octanol–water partition coefficient (Wildman–Crippen LogP) is -1.29. The molecule has 1 aromatic heterocycles. The van der Waals surface area contributed by atoms with Crippen LogP contribution in [0.3, 0.4) is 0 Å². The van der Waals surface area contributed by atoms with E-state index < -0.39 is 29.9 Å². The van der Waals surface area contributed by atoms with Crippen molar-refractivity contribution in [3.63, 3.8) is 0 Å². The predicted molar refractivity (Wildman–Crippen MR) is 71.9 cm³/mol. The van der Waals surface area contributed by atoms with Crippen molar-refractivity contribution in [1.82, 2.24) is 9.55 Å². The van der Waals surface area contributed by atoms with Crippen molar-refractivity contribution in [2.24, 2.45) is 5.92 Å². The molecule has 0 amide bonds. The Hall–Kier alpha value is -0.710. The summed E-state index contributed by atoms with van der Waals surface area (Å²) in [5.41, 5.74) is 4.95. The molecule has 1 aromatic rings. The Kier molecular flexibility index (Phi) is 3.90. The summed E-state index contributed by atoms with van der Waals surface area (Å²) in [4.78, 5) is 15.4. The number of nitrogens with two attached hydrogens (primary N) is 1. The molecule has 0 spiro atoms. The van der Waals surface area contributed by atoms with E-state index in [1.807, 2.05) is 22.6 Å². The number of anilines is 1. The van der Waals surface area contributed by atoms with E-state index in [0.29, 0.717) is 9.99 Å². The number of aliphatic hydroxyl groups excluding tert-OH is 3. The zero-order valence-electron chi connectivity index (χ0n) is 9.40. The molecule has 2 rings (SSSR count). The molecule has 7 nitrogen and oxygen atoms in total.